The molecule has 3 heteroatoms. The number of halogens is 2. The normalized spacial score (nSPS) is 12.4. The van der Waals surface area contributed by atoms with Crippen LogP contribution < -0.4 is 0 Å². The monoisotopic (exact) mass is 324 g/mol. The summed E-state index contributed by atoms with van der Waals surface area (Å²) < 4.78 is 0.953. The van der Waals surface area contributed by atoms with Crippen molar-refractivity contribution in [3.8, 4) is 0 Å². The fourth-order valence-corrected chi connectivity index (χ4v) is 2.65. The fourth-order valence-electron chi connectivity index (χ4n) is 1.90. The standard InChI is InChI=1S/C15H14BrClO/c16-13-7-6-12(15(17)10-13)9-14(18)8-11-4-2-1-3-5-11/h1-7,10,14,18H,8-9H2. The molecule has 0 fully saturated rings. The lowest BCUT2D eigenvalue weighted by Gasteiger charge is -2.12. The van der Waals surface area contributed by atoms with Crippen LogP contribution in [-0.2, 0) is 12.8 Å². The number of aliphatic hydroxyl groups is 1. The smallest absolute Gasteiger partial charge is 0.0621 e. The zero-order valence-electron chi connectivity index (χ0n) is 9.81. The number of rotatable bonds is 4. The van der Waals surface area contributed by atoms with Crippen molar-refractivity contribution in [2.24, 2.45) is 0 Å². The molecule has 0 amide bonds. The number of aliphatic hydroxyl groups excluding tert-OH is 1. The van der Waals surface area contributed by atoms with Crippen LogP contribution in [0.2, 0.25) is 5.02 Å². The van der Waals surface area contributed by atoms with Gasteiger partial charge in [0.15, 0.2) is 0 Å². The molecule has 0 heterocycles. The summed E-state index contributed by atoms with van der Waals surface area (Å²) in [5.74, 6) is 0. The van der Waals surface area contributed by atoms with Crippen LogP contribution >= 0.6 is 27.5 Å². The van der Waals surface area contributed by atoms with E-state index in [0.29, 0.717) is 17.9 Å². The Morgan fingerprint density at radius 3 is 2.44 bits per heavy atom. The van der Waals surface area contributed by atoms with Gasteiger partial charge in [-0.05, 0) is 29.7 Å². The predicted molar refractivity (Wildman–Crippen MR) is 79.0 cm³/mol. The summed E-state index contributed by atoms with van der Waals surface area (Å²) in [6.45, 7) is 0. The molecule has 0 saturated carbocycles. The molecule has 0 aliphatic carbocycles. The third-order valence-corrected chi connectivity index (χ3v) is 3.63. The molecule has 0 aromatic heterocycles. The summed E-state index contributed by atoms with van der Waals surface area (Å²) in [7, 11) is 0. The Labute approximate surface area is 121 Å². The Balaban J connectivity index is 2.01. The molecule has 1 N–H and O–H groups in total. The van der Waals surface area contributed by atoms with Crippen molar-refractivity contribution in [3.63, 3.8) is 0 Å². The zero-order chi connectivity index (χ0) is 13.0. The lowest BCUT2D eigenvalue weighted by molar-refractivity contribution is 0.175. The van der Waals surface area contributed by atoms with Crippen molar-refractivity contribution >= 4 is 27.5 Å². The van der Waals surface area contributed by atoms with Crippen LogP contribution in [0.15, 0.2) is 53.0 Å². The molecule has 2 rings (SSSR count). The van der Waals surface area contributed by atoms with Crippen LogP contribution in [0.3, 0.4) is 0 Å². The molecule has 1 unspecified atom stereocenters. The van der Waals surface area contributed by atoms with E-state index in [4.69, 9.17) is 11.6 Å². The van der Waals surface area contributed by atoms with E-state index in [2.05, 4.69) is 15.9 Å². The Kier molecular flexibility index (Phi) is 4.81. The molecular weight excluding hydrogens is 312 g/mol. The summed E-state index contributed by atoms with van der Waals surface area (Å²) in [6.07, 6.45) is 0.805. The van der Waals surface area contributed by atoms with Crippen LogP contribution in [0, 0.1) is 0 Å². The molecule has 0 spiro atoms. The largest absolute Gasteiger partial charge is 0.392 e. The van der Waals surface area contributed by atoms with Crippen LogP contribution in [0.1, 0.15) is 11.1 Å². The third-order valence-electron chi connectivity index (χ3n) is 2.78. The van der Waals surface area contributed by atoms with Gasteiger partial charge in [-0.1, -0.05) is 63.9 Å². The van der Waals surface area contributed by atoms with E-state index in [0.717, 1.165) is 15.6 Å². The number of benzene rings is 2. The van der Waals surface area contributed by atoms with E-state index >= 15 is 0 Å². The number of hydrogen-bond donors (Lipinski definition) is 1. The van der Waals surface area contributed by atoms with E-state index in [1.54, 1.807) is 0 Å². The first kappa shape index (κ1) is 13.6. The Bertz CT molecular complexity index is 513. The average molecular weight is 326 g/mol. The quantitative estimate of drug-likeness (QED) is 0.891. The highest BCUT2D eigenvalue weighted by Gasteiger charge is 2.09. The van der Waals surface area contributed by atoms with E-state index in [1.165, 1.54) is 0 Å². The van der Waals surface area contributed by atoms with Crippen LogP contribution in [-0.4, -0.2) is 11.2 Å². The molecule has 2 aromatic rings. The van der Waals surface area contributed by atoms with Crippen LogP contribution in [0.4, 0.5) is 0 Å². The molecule has 1 nitrogen and oxygen atoms in total. The SMILES string of the molecule is OC(Cc1ccccc1)Cc1ccc(Br)cc1Cl. The highest BCUT2D eigenvalue weighted by Crippen LogP contribution is 2.23. The van der Waals surface area contributed by atoms with Crippen molar-refractivity contribution in [2.75, 3.05) is 0 Å². The van der Waals surface area contributed by atoms with Gasteiger partial charge in [0, 0.05) is 15.9 Å². The first-order chi connectivity index (χ1) is 8.65. The maximum Gasteiger partial charge on any atom is 0.0621 e. The maximum atomic E-state index is 10.1. The molecule has 18 heavy (non-hydrogen) atoms. The minimum absolute atomic E-state index is 0.411. The lowest BCUT2D eigenvalue weighted by atomic mass is 10.0. The molecule has 0 bridgehead atoms. The summed E-state index contributed by atoms with van der Waals surface area (Å²) in [5.41, 5.74) is 2.11. The highest BCUT2D eigenvalue weighted by molar-refractivity contribution is 9.10. The van der Waals surface area contributed by atoms with Crippen molar-refractivity contribution in [1.29, 1.82) is 0 Å². The summed E-state index contributed by atoms with van der Waals surface area (Å²) in [4.78, 5) is 0. The first-order valence-corrected chi connectivity index (χ1v) is 6.98. The highest BCUT2D eigenvalue weighted by atomic mass is 79.9. The van der Waals surface area contributed by atoms with Crippen molar-refractivity contribution in [3.05, 3.63) is 69.2 Å². The van der Waals surface area contributed by atoms with Crippen molar-refractivity contribution in [2.45, 2.75) is 18.9 Å². The second-order valence-corrected chi connectivity index (χ2v) is 5.61. The fraction of sp³-hybridized carbons (Fsp3) is 0.200. The topological polar surface area (TPSA) is 20.2 Å². The summed E-state index contributed by atoms with van der Waals surface area (Å²) >= 11 is 9.50. The van der Waals surface area contributed by atoms with Crippen LogP contribution in [0.5, 0.6) is 0 Å². The molecule has 2 aromatic carbocycles. The van der Waals surface area contributed by atoms with Gasteiger partial charge in [0.05, 0.1) is 6.10 Å². The van der Waals surface area contributed by atoms with Gasteiger partial charge < -0.3 is 5.11 Å². The molecule has 1 atom stereocenters. The maximum absolute atomic E-state index is 10.1. The van der Waals surface area contributed by atoms with Gasteiger partial charge >= 0.3 is 0 Å². The van der Waals surface area contributed by atoms with Crippen molar-refractivity contribution in [1.82, 2.24) is 0 Å². The van der Waals surface area contributed by atoms with E-state index < -0.39 is 6.10 Å². The Morgan fingerprint density at radius 1 is 1.06 bits per heavy atom. The minimum atomic E-state index is -0.411. The van der Waals surface area contributed by atoms with Gasteiger partial charge in [0.1, 0.15) is 0 Å². The van der Waals surface area contributed by atoms with Gasteiger partial charge in [0.25, 0.3) is 0 Å². The average Bonchev–Trinajstić information content (AvgIpc) is 2.34. The third kappa shape index (κ3) is 3.84. The summed E-state index contributed by atoms with van der Waals surface area (Å²) in [6, 6.07) is 15.7. The van der Waals surface area contributed by atoms with Gasteiger partial charge in [-0.2, -0.15) is 0 Å². The summed E-state index contributed by atoms with van der Waals surface area (Å²) in [5, 5.41) is 10.8. The predicted octanol–water partition coefficient (Wildman–Crippen LogP) is 4.25. The molecule has 0 saturated heterocycles. The van der Waals surface area contributed by atoms with Gasteiger partial charge in [0.2, 0.25) is 0 Å². The lowest BCUT2D eigenvalue weighted by Crippen LogP contribution is -2.14. The molecule has 0 aliphatic rings. The van der Waals surface area contributed by atoms with Gasteiger partial charge in [-0.25, -0.2) is 0 Å². The van der Waals surface area contributed by atoms with Gasteiger partial charge in [-0.15, -0.1) is 0 Å². The zero-order valence-corrected chi connectivity index (χ0v) is 12.2. The Hall–Kier alpha value is -0.830. The second-order valence-electron chi connectivity index (χ2n) is 4.28. The second kappa shape index (κ2) is 6.37. The molecule has 94 valence electrons. The van der Waals surface area contributed by atoms with E-state index in [-0.39, 0.29) is 0 Å². The van der Waals surface area contributed by atoms with Gasteiger partial charge in [-0.3, -0.25) is 0 Å². The molecule has 0 aliphatic heterocycles. The van der Waals surface area contributed by atoms with E-state index in [1.807, 2.05) is 48.5 Å². The van der Waals surface area contributed by atoms with Crippen LogP contribution in [0.25, 0.3) is 0 Å². The Morgan fingerprint density at radius 2 is 1.78 bits per heavy atom. The molecule has 0 radical (unpaired) electrons. The number of hydrogen-bond acceptors (Lipinski definition) is 1. The van der Waals surface area contributed by atoms with E-state index in [9.17, 15) is 5.11 Å². The molecular formula is C15H14BrClO. The minimum Gasteiger partial charge on any atom is -0.392 e. The van der Waals surface area contributed by atoms with Crippen molar-refractivity contribution < 1.29 is 5.11 Å². The first-order valence-electron chi connectivity index (χ1n) is 5.81.